The number of aromatic nitrogens is 2. The van der Waals surface area contributed by atoms with Crippen LogP contribution in [0.5, 0.6) is 0 Å². The number of rotatable bonds is 3. The number of nitrogens with one attached hydrogen (secondary N) is 1. The number of benzene rings is 2. The molecule has 0 aliphatic rings. The van der Waals surface area contributed by atoms with Crippen LogP contribution in [-0.4, -0.2) is 15.8 Å². The van der Waals surface area contributed by atoms with Gasteiger partial charge in [0.15, 0.2) is 5.78 Å². The van der Waals surface area contributed by atoms with Gasteiger partial charge in [-0.1, -0.05) is 53.0 Å². The highest BCUT2D eigenvalue weighted by molar-refractivity contribution is 6.44. The molecule has 0 aliphatic heterocycles. The lowest BCUT2D eigenvalue weighted by Gasteiger charge is -2.08. The molecule has 0 saturated heterocycles. The van der Waals surface area contributed by atoms with Crippen molar-refractivity contribution in [1.82, 2.24) is 9.97 Å². The summed E-state index contributed by atoms with van der Waals surface area (Å²) < 4.78 is 0. The Morgan fingerprint density at radius 2 is 1.69 bits per heavy atom. The third-order valence-electron chi connectivity index (χ3n) is 4.17. The number of halogens is 3. The van der Waals surface area contributed by atoms with E-state index in [0.717, 1.165) is 16.5 Å². The van der Waals surface area contributed by atoms with E-state index in [1.807, 2.05) is 30.3 Å². The Morgan fingerprint density at radius 1 is 0.923 bits per heavy atom. The minimum atomic E-state index is -0.216. The smallest absolute Gasteiger partial charge is 0.196 e. The Labute approximate surface area is 164 Å². The summed E-state index contributed by atoms with van der Waals surface area (Å²) >= 11 is 18.3. The molecule has 1 N–H and O–H groups in total. The summed E-state index contributed by atoms with van der Waals surface area (Å²) in [5, 5.41) is 1.96. The fourth-order valence-electron chi connectivity index (χ4n) is 2.93. The Hall–Kier alpha value is -2.33. The minimum absolute atomic E-state index is 0.216. The normalized spacial score (nSPS) is 11.0. The predicted molar refractivity (Wildman–Crippen MR) is 106 cm³/mol. The molecule has 4 rings (SSSR count). The van der Waals surface area contributed by atoms with Crippen LogP contribution in [0.2, 0.25) is 15.1 Å². The van der Waals surface area contributed by atoms with E-state index in [-0.39, 0.29) is 10.8 Å². The van der Waals surface area contributed by atoms with Gasteiger partial charge in [-0.15, -0.1) is 0 Å². The molecule has 0 fully saturated rings. The lowest BCUT2D eigenvalue weighted by Crippen LogP contribution is -2.02. The lowest BCUT2D eigenvalue weighted by molar-refractivity contribution is 0.104. The molecule has 2 aromatic heterocycles. The second kappa shape index (κ2) is 6.76. The van der Waals surface area contributed by atoms with Crippen LogP contribution in [0.15, 0.2) is 60.9 Å². The van der Waals surface area contributed by atoms with Crippen molar-refractivity contribution in [3.8, 4) is 11.1 Å². The molecule has 4 aromatic rings. The molecule has 0 unspecified atom stereocenters. The molecule has 0 atom stereocenters. The van der Waals surface area contributed by atoms with Crippen molar-refractivity contribution < 1.29 is 4.79 Å². The maximum absolute atomic E-state index is 13.1. The van der Waals surface area contributed by atoms with Gasteiger partial charge < -0.3 is 4.98 Å². The van der Waals surface area contributed by atoms with Crippen molar-refractivity contribution in [2.45, 2.75) is 0 Å². The van der Waals surface area contributed by atoms with Crippen molar-refractivity contribution in [1.29, 1.82) is 0 Å². The van der Waals surface area contributed by atoms with Gasteiger partial charge in [-0.05, 0) is 41.5 Å². The average molecular weight is 402 g/mol. The molecule has 0 spiro atoms. The molecule has 2 heterocycles. The summed E-state index contributed by atoms with van der Waals surface area (Å²) in [4.78, 5) is 20.5. The first-order valence-electron chi connectivity index (χ1n) is 7.77. The van der Waals surface area contributed by atoms with Gasteiger partial charge in [0.05, 0.1) is 15.6 Å². The SMILES string of the molecule is O=C(c1cccc(Cl)c1Cl)c1c[nH]c2nccc(-c3ccc(Cl)cc3)c12. The topological polar surface area (TPSA) is 45.8 Å². The van der Waals surface area contributed by atoms with E-state index in [9.17, 15) is 4.79 Å². The first-order chi connectivity index (χ1) is 12.6. The maximum Gasteiger partial charge on any atom is 0.196 e. The molecule has 0 aliphatic carbocycles. The summed E-state index contributed by atoms with van der Waals surface area (Å²) in [5.41, 5.74) is 3.29. The molecule has 2 aromatic carbocycles. The highest BCUT2D eigenvalue weighted by Gasteiger charge is 2.21. The number of hydrogen-bond donors (Lipinski definition) is 1. The lowest BCUT2D eigenvalue weighted by atomic mass is 9.97. The molecule has 6 heteroatoms. The number of pyridine rings is 1. The monoisotopic (exact) mass is 400 g/mol. The molecule has 0 bridgehead atoms. The van der Waals surface area contributed by atoms with Gasteiger partial charge in [-0.2, -0.15) is 0 Å². The summed E-state index contributed by atoms with van der Waals surface area (Å²) in [5.74, 6) is -0.216. The highest BCUT2D eigenvalue weighted by Crippen LogP contribution is 2.34. The summed E-state index contributed by atoms with van der Waals surface area (Å²) in [6, 6.07) is 14.3. The molecule has 0 saturated carbocycles. The summed E-state index contributed by atoms with van der Waals surface area (Å²) in [7, 11) is 0. The minimum Gasteiger partial charge on any atom is -0.345 e. The average Bonchev–Trinajstić information content (AvgIpc) is 3.08. The molecule has 0 radical (unpaired) electrons. The number of ketones is 1. The summed E-state index contributed by atoms with van der Waals surface area (Å²) in [6.07, 6.45) is 3.35. The molecular weight excluding hydrogens is 391 g/mol. The van der Waals surface area contributed by atoms with Gasteiger partial charge in [-0.3, -0.25) is 4.79 Å². The maximum atomic E-state index is 13.1. The number of nitrogens with zero attached hydrogens (tertiary/aromatic N) is 1. The van der Waals surface area contributed by atoms with Crippen molar-refractivity contribution in [2.24, 2.45) is 0 Å². The second-order valence-corrected chi connectivity index (χ2v) is 6.94. The second-order valence-electron chi connectivity index (χ2n) is 5.72. The van der Waals surface area contributed by atoms with Crippen molar-refractivity contribution >= 4 is 51.6 Å². The zero-order chi connectivity index (χ0) is 18.3. The fourth-order valence-corrected chi connectivity index (χ4v) is 3.44. The highest BCUT2D eigenvalue weighted by atomic mass is 35.5. The van der Waals surface area contributed by atoms with E-state index in [1.54, 1.807) is 30.6 Å². The van der Waals surface area contributed by atoms with Crippen LogP contribution >= 0.6 is 34.8 Å². The van der Waals surface area contributed by atoms with Crippen LogP contribution in [0.4, 0.5) is 0 Å². The number of H-pyrrole nitrogens is 1. The Bertz CT molecular complexity index is 1130. The van der Waals surface area contributed by atoms with Crippen molar-refractivity contribution in [3.63, 3.8) is 0 Å². The first-order valence-corrected chi connectivity index (χ1v) is 8.90. The fraction of sp³-hybridized carbons (Fsp3) is 0. The van der Waals surface area contributed by atoms with Crippen LogP contribution in [0.3, 0.4) is 0 Å². The standard InChI is InChI=1S/C20H11Cl3N2O/c21-12-6-4-11(5-7-12)13-8-9-24-20-17(13)15(10-25-20)19(26)14-2-1-3-16(22)18(14)23/h1-10H,(H,24,25). The Morgan fingerprint density at radius 3 is 2.46 bits per heavy atom. The van der Waals surface area contributed by atoms with Crippen molar-refractivity contribution in [3.05, 3.63) is 87.1 Å². The van der Waals surface area contributed by atoms with Crippen LogP contribution in [0, 0.1) is 0 Å². The third-order valence-corrected chi connectivity index (χ3v) is 5.24. The molecule has 128 valence electrons. The number of fused-ring (bicyclic) bond motifs is 1. The molecule has 3 nitrogen and oxygen atoms in total. The largest absolute Gasteiger partial charge is 0.345 e. The Balaban J connectivity index is 1.93. The third kappa shape index (κ3) is 2.88. The van der Waals surface area contributed by atoms with E-state index in [1.165, 1.54) is 0 Å². The van der Waals surface area contributed by atoms with Crippen LogP contribution in [0.25, 0.3) is 22.2 Å². The van der Waals surface area contributed by atoms with Gasteiger partial charge in [0.1, 0.15) is 5.65 Å². The van der Waals surface area contributed by atoms with E-state index < -0.39 is 0 Å². The van der Waals surface area contributed by atoms with Gasteiger partial charge in [0, 0.05) is 28.4 Å². The van der Waals surface area contributed by atoms with E-state index in [2.05, 4.69) is 9.97 Å². The van der Waals surface area contributed by atoms with Gasteiger partial charge in [0.25, 0.3) is 0 Å². The number of hydrogen-bond acceptors (Lipinski definition) is 2. The zero-order valence-electron chi connectivity index (χ0n) is 13.3. The van der Waals surface area contributed by atoms with E-state index in [4.69, 9.17) is 34.8 Å². The molecular formula is C20H11Cl3N2O. The predicted octanol–water partition coefficient (Wildman–Crippen LogP) is 6.42. The quantitative estimate of drug-likeness (QED) is 0.402. The van der Waals surface area contributed by atoms with Gasteiger partial charge >= 0.3 is 0 Å². The van der Waals surface area contributed by atoms with Gasteiger partial charge in [0.2, 0.25) is 0 Å². The van der Waals surface area contributed by atoms with Crippen LogP contribution < -0.4 is 0 Å². The van der Waals surface area contributed by atoms with Gasteiger partial charge in [-0.25, -0.2) is 4.98 Å². The molecule has 0 amide bonds. The van der Waals surface area contributed by atoms with E-state index >= 15 is 0 Å². The number of aromatic amines is 1. The number of carbonyl (C=O) groups is 1. The zero-order valence-corrected chi connectivity index (χ0v) is 15.5. The van der Waals surface area contributed by atoms with Crippen molar-refractivity contribution in [2.75, 3.05) is 0 Å². The first kappa shape index (κ1) is 17.1. The Kier molecular flexibility index (Phi) is 4.45. The van der Waals surface area contributed by atoms with E-state index in [0.29, 0.717) is 26.8 Å². The summed E-state index contributed by atoms with van der Waals surface area (Å²) in [6.45, 7) is 0. The van der Waals surface area contributed by atoms with Crippen LogP contribution in [-0.2, 0) is 0 Å². The molecule has 26 heavy (non-hydrogen) atoms. The number of carbonyl (C=O) groups excluding carboxylic acids is 1. The van der Waals surface area contributed by atoms with Crippen LogP contribution in [0.1, 0.15) is 15.9 Å².